The second kappa shape index (κ2) is 7.49. The normalized spacial score (nSPS) is 18.4. The summed E-state index contributed by atoms with van der Waals surface area (Å²) in [7, 11) is 0. The first-order valence-electron chi connectivity index (χ1n) is 9.80. The molecule has 146 valence electrons. The number of benzene rings is 1. The molecule has 2 fully saturated rings. The molecule has 0 spiro atoms. The maximum absolute atomic E-state index is 5.40. The van der Waals surface area contributed by atoms with E-state index in [9.17, 15) is 0 Å². The van der Waals surface area contributed by atoms with E-state index in [0.29, 0.717) is 5.95 Å². The molecular weight excluding hydrogens is 358 g/mol. The summed E-state index contributed by atoms with van der Waals surface area (Å²) in [5, 5.41) is 4.31. The molecule has 28 heavy (non-hydrogen) atoms. The highest BCUT2D eigenvalue weighted by Gasteiger charge is 2.21. The smallest absolute Gasteiger partial charge is 0.250 e. The molecule has 3 aliphatic rings. The van der Waals surface area contributed by atoms with Gasteiger partial charge in [0, 0.05) is 26.2 Å². The fourth-order valence-electron chi connectivity index (χ4n) is 3.68. The van der Waals surface area contributed by atoms with Gasteiger partial charge >= 0.3 is 0 Å². The van der Waals surface area contributed by atoms with Crippen molar-refractivity contribution in [3.05, 3.63) is 23.8 Å². The first-order chi connectivity index (χ1) is 13.8. The van der Waals surface area contributed by atoms with Crippen molar-refractivity contribution in [1.29, 1.82) is 0 Å². The van der Waals surface area contributed by atoms with Crippen LogP contribution in [-0.4, -0.2) is 54.1 Å². The second-order valence-electron chi connectivity index (χ2n) is 7.13. The van der Waals surface area contributed by atoms with E-state index in [1.807, 2.05) is 18.2 Å². The van der Waals surface area contributed by atoms with Crippen molar-refractivity contribution in [3.63, 3.8) is 0 Å². The molecule has 0 amide bonds. The molecule has 9 nitrogen and oxygen atoms in total. The summed E-state index contributed by atoms with van der Waals surface area (Å²) in [5.74, 6) is 3.42. The standard InChI is InChI=1S/C19H23N7O2/c1-2-8-25(7-1)18-21-17(22-19(23-18)26-9-3-4-10-26)24-20-12-14-5-6-15-16(11-14)28-13-27-15/h5-6,11-12H,1-4,7-10,13H2,(H,21,22,23,24)/b20-12+. The van der Waals surface area contributed by atoms with Gasteiger partial charge in [-0.25, -0.2) is 5.43 Å². The van der Waals surface area contributed by atoms with Crippen molar-refractivity contribution in [2.24, 2.45) is 5.10 Å². The van der Waals surface area contributed by atoms with Crippen LogP contribution in [0, 0.1) is 0 Å². The number of hydrogen-bond acceptors (Lipinski definition) is 9. The van der Waals surface area contributed by atoms with Gasteiger partial charge in [-0.2, -0.15) is 20.1 Å². The average molecular weight is 381 g/mol. The van der Waals surface area contributed by atoms with Crippen LogP contribution in [0.5, 0.6) is 11.5 Å². The lowest BCUT2D eigenvalue weighted by molar-refractivity contribution is 0.174. The van der Waals surface area contributed by atoms with E-state index < -0.39 is 0 Å². The van der Waals surface area contributed by atoms with Crippen LogP contribution in [0.15, 0.2) is 23.3 Å². The van der Waals surface area contributed by atoms with Crippen molar-refractivity contribution in [2.75, 3.05) is 48.2 Å². The zero-order valence-corrected chi connectivity index (χ0v) is 15.7. The van der Waals surface area contributed by atoms with E-state index in [4.69, 9.17) is 14.5 Å². The van der Waals surface area contributed by atoms with Crippen molar-refractivity contribution < 1.29 is 9.47 Å². The minimum Gasteiger partial charge on any atom is -0.454 e. The van der Waals surface area contributed by atoms with Gasteiger partial charge in [0.05, 0.1) is 6.21 Å². The minimum absolute atomic E-state index is 0.261. The molecule has 3 aliphatic heterocycles. The number of ether oxygens (including phenoxy) is 2. The molecule has 0 unspecified atom stereocenters. The van der Waals surface area contributed by atoms with E-state index >= 15 is 0 Å². The van der Waals surface area contributed by atoms with Crippen molar-refractivity contribution in [2.45, 2.75) is 25.7 Å². The first-order valence-corrected chi connectivity index (χ1v) is 9.80. The van der Waals surface area contributed by atoms with E-state index in [-0.39, 0.29) is 6.79 Å². The second-order valence-corrected chi connectivity index (χ2v) is 7.13. The van der Waals surface area contributed by atoms with Crippen molar-refractivity contribution >= 4 is 24.1 Å². The molecule has 0 saturated carbocycles. The van der Waals surface area contributed by atoms with Crippen molar-refractivity contribution in [1.82, 2.24) is 15.0 Å². The summed E-state index contributed by atoms with van der Waals surface area (Å²) < 4.78 is 10.7. The third-order valence-electron chi connectivity index (χ3n) is 5.16. The summed E-state index contributed by atoms with van der Waals surface area (Å²) in [6.45, 7) is 4.22. The Morgan fingerprint density at radius 1 is 0.857 bits per heavy atom. The zero-order valence-electron chi connectivity index (χ0n) is 15.7. The third kappa shape index (κ3) is 3.51. The summed E-state index contributed by atoms with van der Waals surface area (Å²) in [5.41, 5.74) is 3.88. The molecule has 1 aromatic heterocycles. The van der Waals surface area contributed by atoms with Gasteiger partial charge in [0.1, 0.15) is 0 Å². The van der Waals surface area contributed by atoms with Gasteiger partial charge in [0.15, 0.2) is 11.5 Å². The molecule has 2 aromatic rings. The van der Waals surface area contributed by atoms with Gasteiger partial charge in [-0.05, 0) is 49.4 Å². The van der Waals surface area contributed by atoms with Gasteiger partial charge < -0.3 is 19.3 Å². The SMILES string of the molecule is C(=N\Nc1nc(N2CCCC2)nc(N2CCCC2)n1)/c1ccc2c(c1)OCO2. The summed E-state index contributed by atoms with van der Waals surface area (Å²) in [6.07, 6.45) is 6.42. The largest absolute Gasteiger partial charge is 0.454 e. The average Bonchev–Trinajstić information content (AvgIpc) is 3.50. The van der Waals surface area contributed by atoms with E-state index in [1.165, 1.54) is 25.7 Å². The number of aromatic nitrogens is 3. The zero-order chi connectivity index (χ0) is 18.8. The molecule has 0 atom stereocenters. The number of rotatable bonds is 5. The summed E-state index contributed by atoms with van der Waals surface area (Å²) in [4.78, 5) is 18.3. The Bertz CT molecular complexity index is 842. The lowest BCUT2D eigenvalue weighted by atomic mass is 10.2. The molecule has 0 bridgehead atoms. The quantitative estimate of drug-likeness (QED) is 0.623. The Balaban J connectivity index is 1.35. The predicted octanol–water partition coefficient (Wildman–Crippen LogP) is 2.25. The maximum atomic E-state index is 5.40. The molecule has 2 saturated heterocycles. The highest BCUT2D eigenvalue weighted by molar-refractivity contribution is 5.81. The van der Waals surface area contributed by atoms with Crippen LogP contribution < -0.4 is 24.7 Å². The maximum Gasteiger partial charge on any atom is 0.250 e. The topological polar surface area (TPSA) is 88.0 Å². The highest BCUT2D eigenvalue weighted by atomic mass is 16.7. The number of anilines is 3. The Hall–Kier alpha value is -3.10. The van der Waals surface area contributed by atoms with Crippen LogP contribution in [0.3, 0.4) is 0 Å². The van der Waals surface area contributed by atoms with Crippen LogP contribution in [0.4, 0.5) is 17.8 Å². The van der Waals surface area contributed by atoms with E-state index in [1.54, 1.807) is 6.21 Å². The number of hydrogen-bond donors (Lipinski definition) is 1. The number of fused-ring (bicyclic) bond motifs is 1. The Morgan fingerprint density at radius 2 is 1.50 bits per heavy atom. The Kier molecular flexibility index (Phi) is 4.56. The molecule has 5 rings (SSSR count). The molecular formula is C19H23N7O2. The van der Waals surface area contributed by atoms with Crippen LogP contribution in [-0.2, 0) is 0 Å². The number of nitrogens with zero attached hydrogens (tertiary/aromatic N) is 6. The fraction of sp³-hybridized carbons (Fsp3) is 0.474. The number of hydrazone groups is 1. The first kappa shape index (κ1) is 17.0. The van der Waals surface area contributed by atoms with Crippen LogP contribution >= 0.6 is 0 Å². The lowest BCUT2D eigenvalue weighted by Crippen LogP contribution is -2.25. The highest BCUT2D eigenvalue weighted by Crippen LogP contribution is 2.32. The summed E-state index contributed by atoms with van der Waals surface area (Å²) in [6, 6.07) is 5.70. The molecule has 0 aliphatic carbocycles. The monoisotopic (exact) mass is 381 g/mol. The van der Waals surface area contributed by atoms with Gasteiger partial charge in [0.25, 0.3) is 0 Å². The molecule has 9 heteroatoms. The van der Waals surface area contributed by atoms with Crippen LogP contribution in [0.2, 0.25) is 0 Å². The van der Waals surface area contributed by atoms with Crippen molar-refractivity contribution in [3.8, 4) is 11.5 Å². The van der Waals surface area contributed by atoms with Crippen LogP contribution in [0.1, 0.15) is 31.2 Å². The molecule has 1 N–H and O–H groups in total. The summed E-state index contributed by atoms with van der Waals surface area (Å²) >= 11 is 0. The fourth-order valence-corrected chi connectivity index (χ4v) is 3.68. The number of nitrogens with one attached hydrogen (secondary N) is 1. The Labute approximate surface area is 163 Å². The van der Waals surface area contributed by atoms with Gasteiger partial charge in [-0.1, -0.05) is 0 Å². The van der Waals surface area contributed by atoms with Crippen LogP contribution in [0.25, 0.3) is 0 Å². The van der Waals surface area contributed by atoms with Gasteiger partial charge in [-0.3, -0.25) is 0 Å². The molecule has 1 aromatic carbocycles. The Morgan fingerprint density at radius 3 is 2.18 bits per heavy atom. The van der Waals surface area contributed by atoms with E-state index in [2.05, 4.69) is 30.3 Å². The third-order valence-corrected chi connectivity index (χ3v) is 5.16. The molecule has 0 radical (unpaired) electrons. The predicted molar refractivity (Wildman–Crippen MR) is 107 cm³/mol. The van der Waals surface area contributed by atoms with Gasteiger partial charge in [-0.15, -0.1) is 0 Å². The minimum atomic E-state index is 0.261. The van der Waals surface area contributed by atoms with E-state index in [0.717, 1.165) is 55.1 Å². The molecule has 4 heterocycles. The van der Waals surface area contributed by atoms with Gasteiger partial charge in [0.2, 0.25) is 24.6 Å². The lowest BCUT2D eigenvalue weighted by Gasteiger charge is -2.20.